The van der Waals surface area contributed by atoms with Gasteiger partial charge in [-0.1, -0.05) is 21.1 Å². The lowest BCUT2D eigenvalue weighted by molar-refractivity contribution is 0.102. The quantitative estimate of drug-likeness (QED) is 0.692. The highest BCUT2D eigenvalue weighted by molar-refractivity contribution is 9.10. The van der Waals surface area contributed by atoms with Crippen molar-refractivity contribution in [2.24, 2.45) is 0 Å². The molecule has 1 amide bonds. The molecular formula is C17H15BrN4O2. The molecule has 0 aliphatic rings. The minimum atomic E-state index is -0.260. The Hall–Kier alpha value is -2.67. The van der Waals surface area contributed by atoms with E-state index >= 15 is 0 Å². The smallest absolute Gasteiger partial charge is 0.274 e. The van der Waals surface area contributed by atoms with E-state index in [1.807, 2.05) is 32.0 Å². The van der Waals surface area contributed by atoms with Crippen LogP contribution in [-0.2, 0) is 0 Å². The molecule has 0 saturated heterocycles. The van der Waals surface area contributed by atoms with Crippen molar-refractivity contribution in [1.29, 1.82) is 0 Å². The number of nitrogens with one attached hydrogen (secondary N) is 2. The highest BCUT2D eigenvalue weighted by atomic mass is 79.9. The number of aromatic nitrogens is 2. The van der Waals surface area contributed by atoms with Crippen molar-refractivity contribution < 1.29 is 9.32 Å². The van der Waals surface area contributed by atoms with Gasteiger partial charge in [-0.15, -0.1) is 0 Å². The fourth-order valence-corrected chi connectivity index (χ4v) is 2.60. The molecular weight excluding hydrogens is 372 g/mol. The lowest BCUT2D eigenvalue weighted by Crippen LogP contribution is -2.14. The van der Waals surface area contributed by atoms with E-state index in [9.17, 15) is 4.79 Å². The predicted molar refractivity (Wildman–Crippen MR) is 95.6 cm³/mol. The van der Waals surface area contributed by atoms with Gasteiger partial charge in [-0.25, -0.2) is 4.98 Å². The van der Waals surface area contributed by atoms with Crippen molar-refractivity contribution >= 4 is 39.0 Å². The number of carbonyl (C=O) groups is 1. The molecule has 0 unspecified atom stereocenters. The number of carbonyl (C=O) groups excluding carboxylic acids is 1. The number of nitrogens with zero attached hydrogens (tertiary/aromatic N) is 2. The minimum absolute atomic E-state index is 0.260. The van der Waals surface area contributed by atoms with Crippen molar-refractivity contribution in [2.75, 3.05) is 10.6 Å². The second-order valence-electron chi connectivity index (χ2n) is 5.29. The first-order valence-corrected chi connectivity index (χ1v) is 8.04. The summed E-state index contributed by atoms with van der Waals surface area (Å²) in [4.78, 5) is 16.5. The number of amides is 1. The Bertz CT molecular complexity index is 875. The molecule has 2 N–H and O–H groups in total. The van der Waals surface area contributed by atoms with Crippen molar-refractivity contribution in [3.63, 3.8) is 0 Å². The maximum atomic E-state index is 12.3. The number of anilines is 3. The highest BCUT2D eigenvalue weighted by Gasteiger charge is 2.10. The zero-order valence-electron chi connectivity index (χ0n) is 13.1. The second-order valence-corrected chi connectivity index (χ2v) is 6.21. The summed E-state index contributed by atoms with van der Waals surface area (Å²) >= 11 is 3.40. The van der Waals surface area contributed by atoms with Crippen LogP contribution in [0.15, 0.2) is 51.6 Å². The number of rotatable bonds is 4. The third-order valence-corrected chi connectivity index (χ3v) is 3.83. The Morgan fingerprint density at radius 3 is 2.62 bits per heavy atom. The Kier molecular flexibility index (Phi) is 4.61. The molecule has 7 heteroatoms. The molecule has 0 atom stereocenters. The lowest BCUT2D eigenvalue weighted by atomic mass is 10.2. The summed E-state index contributed by atoms with van der Waals surface area (Å²) in [5.41, 5.74) is 2.78. The van der Waals surface area contributed by atoms with E-state index in [1.165, 1.54) is 0 Å². The first-order chi connectivity index (χ1) is 11.5. The van der Waals surface area contributed by atoms with E-state index in [-0.39, 0.29) is 5.91 Å². The number of benzene rings is 1. The van der Waals surface area contributed by atoms with Crippen LogP contribution in [-0.4, -0.2) is 16.0 Å². The number of hydrogen-bond acceptors (Lipinski definition) is 5. The van der Waals surface area contributed by atoms with Gasteiger partial charge in [0.15, 0.2) is 5.82 Å². The van der Waals surface area contributed by atoms with Crippen LogP contribution in [0.2, 0.25) is 0 Å². The highest BCUT2D eigenvalue weighted by Crippen LogP contribution is 2.21. The molecule has 24 heavy (non-hydrogen) atoms. The lowest BCUT2D eigenvalue weighted by Gasteiger charge is -2.09. The molecule has 2 aromatic heterocycles. The summed E-state index contributed by atoms with van der Waals surface area (Å²) in [6.07, 6.45) is 1.58. The number of hydrogen-bond donors (Lipinski definition) is 2. The molecule has 6 nitrogen and oxygen atoms in total. The number of halogens is 1. The van der Waals surface area contributed by atoms with Crippen LogP contribution in [0.5, 0.6) is 0 Å². The molecule has 0 saturated carbocycles. The minimum Gasteiger partial charge on any atom is -0.360 e. The predicted octanol–water partition coefficient (Wildman–Crippen LogP) is 4.44. The summed E-state index contributed by atoms with van der Waals surface area (Å²) in [7, 11) is 0. The summed E-state index contributed by atoms with van der Waals surface area (Å²) in [5, 5.41) is 9.75. The van der Waals surface area contributed by atoms with Crippen LogP contribution in [0.25, 0.3) is 0 Å². The second kappa shape index (κ2) is 6.84. The van der Waals surface area contributed by atoms with Crippen molar-refractivity contribution in [1.82, 2.24) is 10.1 Å². The van der Waals surface area contributed by atoms with E-state index in [2.05, 4.69) is 36.7 Å². The molecule has 1 aromatic carbocycles. The topological polar surface area (TPSA) is 80.0 Å². The van der Waals surface area contributed by atoms with E-state index in [0.29, 0.717) is 17.3 Å². The van der Waals surface area contributed by atoms with E-state index < -0.39 is 0 Å². The first kappa shape index (κ1) is 16.2. The van der Waals surface area contributed by atoms with Gasteiger partial charge in [-0.3, -0.25) is 4.79 Å². The van der Waals surface area contributed by atoms with Gasteiger partial charge in [0.05, 0.1) is 11.9 Å². The van der Waals surface area contributed by atoms with Gasteiger partial charge in [-0.05, 0) is 49.7 Å². The average Bonchev–Trinajstić information content (AvgIpc) is 2.96. The van der Waals surface area contributed by atoms with E-state index in [1.54, 1.807) is 24.4 Å². The van der Waals surface area contributed by atoms with E-state index in [0.717, 1.165) is 21.4 Å². The third-order valence-electron chi connectivity index (χ3n) is 3.33. The average molecular weight is 387 g/mol. The normalized spacial score (nSPS) is 10.5. The van der Waals surface area contributed by atoms with Gasteiger partial charge >= 0.3 is 0 Å². The molecule has 0 spiro atoms. The third kappa shape index (κ3) is 3.80. The Labute approximate surface area is 147 Å². The number of pyridine rings is 1. The standard InChI is InChI=1S/C17H15BrN4O2/c1-10-7-12(18)3-5-14(10)21-17(23)15-6-4-13(9-19-15)20-16-8-11(2)24-22-16/h3-9H,1-2H3,(H,20,22)(H,21,23). The van der Waals surface area contributed by atoms with Crippen LogP contribution in [0, 0.1) is 13.8 Å². The summed E-state index contributed by atoms with van der Waals surface area (Å²) in [6.45, 7) is 3.74. The molecule has 2 heterocycles. The van der Waals surface area contributed by atoms with Crippen molar-refractivity contribution in [3.05, 3.63) is 64.1 Å². The molecule has 0 radical (unpaired) electrons. The van der Waals surface area contributed by atoms with Crippen LogP contribution in [0.1, 0.15) is 21.8 Å². The largest absolute Gasteiger partial charge is 0.360 e. The monoisotopic (exact) mass is 386 g/mol. The maximum absolute atomic E-state index is 12.3. The van der Waals surface area contributed by atoms with Gasteiger partial charge in [0.2, 0.25) is 0 Å². The molecule has 122 valence electrons. The van der Waals surface area contributed by atoms with Gasteiger partial charge < -0.3 is 15.2 Å². The molecule has 0 fully saturated rings. The van der Waals surface area contributed by atoms with Crippen LogP contribution in [0.3, 0.4) is 0 Å². The van der Waals surface area contributed by atoms with Gasteiger partial charge in [0, 0.05) is 16.2 Å². The number of aryl methyl sites for hydroxylation is 2. The van der Waals surface area contributed by atoms with E-state index in [4.69, 9.17) is 4.52 Å². The Morgan fingerprint density at radius 2 is 2.00 bits per heavy atom. The van der Waals surface area contributed by atoms with Gasteiger partial charge in [0.25, 0.3) is 5.91 Å². The molecule has 0 aliphatic heterocycles. The van der Waals surface area contributed by atoms with Crippen LogP contribution < -0.4 is 10.6 Å². The molecule has 3 aromatic rings. The molecule has 0 aliphatic carbocycles. The fraction of sp³-hybridized carbons (Fsp3) is 0.118. The van der Waals surface area contributed by atoms with Crippen LogP contribution in [0.4, 0.5) is 17.2 Å². The summed E-state index contributed by atoms with van der Waals surface area (Å²) in [6, 6.07) is 10.9. The first-order valence-electron chi connectivity index (χ1n) is 7.25. The Balaban J connectivity index is 1.69. The molecule has 0 bridgehead atoms. The zero-order chi connectivity index (χ0) is 17.1. The summed E-state index contributed by atoms with van der Waals surface area (Å²) in [5.74, 6) is 1.05. The maximum Gasteiger partial charge on any atom is 0.274 e. The Morgan fingerprint density at radius 1 is 1.17 bits per heavy atom. The van der Waals surface area contributed by atoms with Crippen molar-refractivity contribution in [3.8, 4) is 0 Å². The molecule has 3 rings (SSSR count). The van der Waals surface area contributed by atoms with Gasteiger partial charge in [-0.2, -0.15) is 0 Å². The van der Waals surface area contributed by atoms with Crippen molar-refractivity contribution in [2.45, 2.75) is 13.8 Å². The summed E-state index contributed by atoms with van der Waals surface area (Å²) < 4.78 is 5.95. The SMILES string of the molecule is Cc1cc(Nc2ccc(C(=O)Nc3ccc(Br)cc3C)nc2)no1. The zero-order valence-corrected chi connectivity index (χ0v) is 14.7. The fourth-order valence-electron chi connectivity index (χ4n) is 2.13. The van der Waals surface area contributed by atoms with Gasteiger partial charge in [0.1, 0.15) is 11.5 Å². The van der Waals surface area contributed by atoms with Crippen LogP contribution >= 0.6 is 15.9 Å².